The zero-order chi connectivity index (χ0) is 14.8. The van der Waals surface area contributed by atoms with E-state index < -0.39 is 0 Å². The van der Waals surface area contributed by atoms with Gasteiger partial charge in [0.15, 0.2) is 0 Å². The molecule has 1 aromatic heterocycles. The molecule has 0 spiro atoms. The minimum absolute atomic E-state index is 0.259. The van der Waals surface area contributed by atoms with Gasteiger partial charge >= 0.3 is 0 Å². The molecule has 1 aromatic carbocycles. The highest BCUT2D eigenvalue weighted by atomic mass is 15.0. The average Bonchev–Trinajstić information content (AvgIpc) is 2.83. The van der Waals surface area contributed by atoms with Gasteiger partial charge in [-0.15, -0.1) is 0 Å². The smallest absolute Gasteiger partial charge is 0.0991 e. The van der Waals surface area contributed by atoms with Gasteiger partial charge in [-0.05, 0) is 68.5 Å². The first-order chi connectivity index (χ1) is 10.2. The normalized spacial score (nSPS) is 20.3. The van der Waals surface area contributed by atoms with Crippen LogP contribution in [-0.4, -0.2) is 4.57 Å². The number of hydrogen-bond acceptors (Lipinski definition) is 2. The zero-order valence-electron chi connectivity index (χ0n) is 12.1. The largest absolute Gasteiger partial charge is 0.318 e. The lowest BCUT2D eigenvalue weighted by molar-refractivity contribution is 0.242. The van der Waals surface area contributed by atoms with Crippen molar-refractivity contribution < 1.29 is 0 Å². The maximum atomic E-state index is 8.89. The Bertz CT molecular complexity index is 719. The van der Waals surface area contributed by atoms with Crippen LogP contribution >= 0.6 is 0 Å². The van der Waals surface area contributed by atoms with Gasteiger partial charge in [0, 0.05) is 23.0 Å². The zero-order valence-corrected chi connectivity index (χ0v) is 12.1. The van der Waals surface area contributed by atoms with E-state index in [1.807, 2.05) is 24.3 Å². The monoisotopic (exact) mass is 275 g/mol. The molecule has 3 rings (SSSR count). The maximum Gasteiger partial charge on any atom is 0.0991 e. The molecule has 0 aliphatic heterocycles. The van der Waals surface area contributed by atoms with Crippen molar-refractivity contribution in [2.75, 3.05) is 0 Å². The molecule has 0 atom stereocenters. The Morgan fingerprint density at radius 1 is 1.10 bits per heavy atom. The summed E-state index contributed by atoms with van der Waals surface area (Å²) >= 11 is 0. The van der Waals surface area contributed by atoms with Gasteiger partial charge in [-0.2, -0.15) is 10.5 Å². The van der Waals surface area contributed by atoms with Crippen LogP contribution in [0.2, 0.25) is 0 Å². The van der Waals surface area contributed by atoms with Crippen LogP contribution in [0, 0.1) is 41.4 Å². The molecule has 1 aliphatic carbocycles. The van der Waals surface area contributed by atoms with E-state index in [4.69, 9.17) is 10.5 Å². The topological polar surface area (TPSA) is 52.5 Å². The van der Waals surface area contributed by atoms with E-state index in [1.165, 1.54) is 11.4 Å². The summed E-state index contributed by atoms with van der Waals surface area (Å²) in [4.78, 5) is 0. The van der Waals surface area contributed by atoms with E-state index in [-0.39, 0.29) is 5.92 Å². The second kappa shape index (κ2) is 5.46. The Morgan fingerprint density at radius 2 is 1.81 bits per heavy atom. The molecule has 0 amide bonds. The first-order valence-electron chi connectivity index (χ1n) is 7.28. The van der Waals surface area contributed by atoms with Crippen molar-refractivity contribution in [3.63, 3.8) is 0 Å². The number of rotatable bonds is 3. The minimum Gasteiger partial charge on any atom is -0.318 e. The van der Waals surface area contributed by atoms with Crippen LogP contribution < -0.4 is 0 Å². The van der Waals surface area contributed by atoms with Crippen LogP contribution in [0.25, 0.3) is 5.69 Å². The van der Waals surface area contributed by atoms with Crippen LogP contribution in [0.4, 0.5) is 0 Å². The van der Waals surface area contributed by atoms with Gasteiger partial charge in [0.05, 0.1) is 17.7 Å². The van der Waals surface area contributed by atoms with Gasteiger partial charge < -0.3 is 4.57 Å². The van der Waals surface area contributed by atoms with Crippen LogP contribution in [0.3, 0.4) is 0 Å². The lowest BCUT2D eigenvalue weighted by atomic mass is 9.73. The van der Waals surface area contributed by atoms with E-state index >= 15 is 0 Å². The van der Waals surface area contributed by atoms with Gasteiger partial charge in [0.2, 0.25) is 0 Å². The SMILES string of the molecule is Cc1ccc(C[C@H]2C[C@H](C#N)C2)n1-c1ccc(C#N)cc1. The average molecular weight is 275 g/mol. The molecule has 0 unspecified atom stereocenters. The standard InChI is InChI=1S/C18H17N3/c1-13-2-5-18(10-15-8-16(9-15)12-20)21(13)17-6-3-14(11-19)4-7-17/h2-7,15-16H,8-10H2,1H3/t15-,16-. The highest BCUT2D eigenvalue weighted by Gasteiger charge is 2.29. The Balaban J connectivity index is 1.83. The highest BCUT2D eigenvalue weighted by molar-refractivity contribution is 5.42. The van der Waals surface area contributed by atoms with Crippen LogP contribution in [0.5, 0.6) is 0 Å². The van der Waals surface area contributed by atoms with Crippen molar-refractivity contribution in [1.29, 1.82) is 10.5 Å². The summed E-state index contributed by atoms with van der Waals surface area (Å²) < 4.78 is 2.25. The summed E-state index contributed by atoms with van der Waals surface area (Å²) in [7, 11) is 0. The van der Waals surface area contributed by atoms with Crippen molar-refractivity contribution >= 4 is 0 Å². The number of aryl methyl sites for hydroxylation is 1. The summed E-state index contributed by atoms with van der Waals surface area (Å²) in [5.74, 6) is 0.885. The molecule has 2 aromatic rings. The molecule has 0 bridgehead atoms. The molecule has 1 aliphatic rings. The van der Waals surface area contributed by atoms with Crippen molar-refractivity contribution in [3.8, 4) is 17.8 Å². The Hall–Kier alpha value is -2.52. The minimum atomic E-state index is 0.259. The molecule has 21 heavy (non-hydrogen) atoms. The molecule has 1 fully saturated rings. The van der Waals surface area contributed by atoms with Gasteiger partial charge in [-0.3, -0.25) is 0 Å². The third kappa shape index (κ3) is 2.56. The fourth-order valence-electron chi connectivity index (χ4n) is 3.11. The summed E-state index contributed by atoms with van der Waals surface area (Å²) in [5.41, 5.74) is 4.27. The predicted octanol–water partition coefficient (Wildman–Crippen LogP) is 3.75. The Kier molecular flexibility index (Phi) is 3.50. The number of nitrogens with zero attached hydrogens (tertiary/aromatic N) is 3. The summed E-state index contributed by atoms with van der Waals surface area (Å²) in [6.07, 6.45) is 3.06. The molecule has 0 N–H and O–H groups in total. The van der Waals surface area contributed by atoms with Gasteiger partial charge in [0.1, 0.15) is 0 Å². The van der Waals surface area contributed by atoms with Crippen molar-refractivity contribution in [2.45, 2.75) is 26.2 Å². The predicted molar refractivity (Wildman–Crippen MR) is 80.8 cm³/mol. The quantitative estimate of drug-likeness (QED) is 0.856. The Morgan fingerprint density at radius 3 is 2.43 bits per heavy atom. The van der Waals surface area contributed by atoms with Crippen molar-refractivity contribution in [2.24, 2.45) is 11.8 Å². The van der Waals surface area contributed by atoms with Crippen LogP contribution in [0.1, 0.15) is 29.8 Å². The van der Waals surface area contributed by atoms with Crippen LogP contribution in [-0.2, 0) is 6.42 Å². The number of hydrogen-bond donors (Lipinski definition) is 0. The van der Waals surface area contributed by atoms with Crippen LogP contribution in [0.15, 0.2) is 36.4 Å². The molecular weight excluding hydrogens is 258 g/mol. The number of nitriles is 2. The molecule has 0 saturated heterocycles. The second-order valence-electron chi connectivity index (χ2n) is 5.83. The third-order valence-electron chi connectivity index (χ3n) is 4.33. The van der Waals surface area contributed by atoms with E-state index in [1.54, 1.807) is 0 Å². The van der Waals surface area contributed by atoms with Crippen molar-refractivity contribution in [1.82, 2.24) is 4.57 Å². The summed E-state index contributed by atoms with van der Waals surface area (Å²) in [6, 6.07) is 16.5. The van der Waals surface area contributed by atoms with Gasteiger partial charge in [-0.25, -0.2) is 0 Å². The molecule has 1 heterocycles. The van der Waals surface area contributed by atoms with E-state index in [0.717, 1.165) is 24.9 Å². The molecule has 3 nitrogen and oxygen atoms in total. The maximum absolute atomic E-state index is 8.89. The lowest BCUT2D eigenvalue weighted by Gasteiger charge is -2.31. The summed E-state index contributed by atoms with van der Waals surface area (Å²) in [5, 5.41) is 17.8. The third-order valence-corrected chi connectivity index (χ3v) is 4.33. The number of aromatic nitrogens is 1. The second-order valence-corrected chi connectivity index (χ2v) is 5.83. The first-order valence-corrected chi connectivity index (χ1v) is 7.28. The fraction of sp³-hybridized carbons (Fsp3) is 0.333. The molecular formula is C18H17N3. The lowest BCUT2D eigenvalue weighted by Crippen LogP contribution is -2.25. The van der Waals surface area contributed by atoms with Gasteiger partial charge in [0.25, 0.3) is 0 Å². The highest BCUT2D eigenvalue weighted by Crippen LogP contribution is 2.36. The fourth-order valence-corrected chi connectivity index (χ4v) is 3.11. The molecule has 1 saturated carbocycles. The molecule has 3 heteroatoms. The van der Waals surface area contributed by atoms with Crippen molar-refractivity contribution in [3.05, 3.63) is 53.3 Å². The van der Waals surface area contributed by atoms with E-state index in [0.29, 0.717) is 11.5 Å². The first kappa shape index (κ1) is 13.5. The van der Waals surface area contributed by atoms with Gasteiger partial charge in [-0.1, -0.05) is 0 Å². The van der Waals surface area contributed by atoms with E-state index in [2.05, 4.69) is 35.8 Å². The summed E-state index contributed by atoms with van der Waals surface area (Å²) in [6.45, 7) is 2.10. The Labute approximate surface area is 125 Å². The van der Waals surface area contributed by atoms with E-state index in [9.17, 15) is 0 Å². The molecule has 104 valence electrons. The molecule has 0 radical (unpaired) electrons. The number of benzene rings is 1.